The molecule has 0 amide bonds. The van der Waals surface area contributed by atoms with E-state index < -0.39 is 49.6 Å². The molecule has 4 N–H and O–H groups in total. The lowest BCUT2D eigenvalue weighted by Crippen LogP contribution is -2.48. The van der Waals surface area contributed by atoms with Crippen LogP contribution in [0.1, 0.15) is 271 Å². The van der Waals surface area contributed by atoms with Gasteiger partial charge in [0.25, 0.3) is 0 Å². The third-order valence-corrected chi connectivity index (χ3v) is 11.9. The number of carbonyl (C=O) groups excluding carboxylic acids is 2. The summed E-state index contributed by atoms with van der Waals surface area (Å²) < 4.78 is 10.2. The van der Waals surface area contributed by atoms with Crippen LogP contribution in [0.3, 0.4) is 0 Å². The summed E-state index contributed by atoms with van der Waals surface area (Å²) in [7, 11) is 0. The summed E-state index contributed by atoms with van der Waals surface area (Å²) in [6.07, 6.45) is 42.6. The van der Waals surface area contributed by atoms with Crippen molar-refractivity contribution in [2.75, 3.05) is 13.2 Å². The molecular weight excluding hydrogens is 729 g/mol. The summed E-state index contributed by atoms with van der Waals surface area (Å²) in [5, 5.41) is 41.0. The normalized spacial score (nSPS) is 13.7. The highest BCUT2D eigenvalue weighted by molar-refractivity contribution is 5.69. The highest BCUT2D eigenvalue weighted by Crippen LogP contribution is 2.17. The van der Waals surface area contributed by atoms with Gasteiger partial charge in [0, 0.05) is 12.8 Å². The molecule has 8 heteroatoms. The Morgan fingerprint density at radius 3 is 0.672 bits per heavy atom. The standard InChI is InChI=1S/C50H98O8/c1-3-5-7-9-11-13-15-17-19-21-23-25-27-29-31-33-35-37-39-41-47(53)57-43-45(51)49(55)50(56)46(52)44-58-48(54)42-40-38-36-34-32-30-28-26-24-22-20-18-16-14-12-10-8-6-4-2/h45-46,49-52,55-56H,3-44H2,1-2H3/t45-,46+,49-,50-/m1/s1. The highest BCUT2D eigenvalue weighted by Gasteiger charge is 2.32. The van der Waals surface area contributed by atoms with Gasteiger partial charge >= 0.3 is 11.9 Å². The third-order valence-electron chi connectivity index (χ3n) is 11.9. The molecule has 8 nitrogen and oxygen atoms in total. The summed E-state index contributed by atoms with van der Waals surface area (Å²) in [5.74, 6) is -0.922. The monoisotopic (exact) mass is 827 g/mol. The van der Waals surface area contributed by atoms with Crippen LogP contribution in [0, 0.1) is 0 Å². The zero-order chi connectivity index (χ0) is 42.6. The molecule has 0 aliphatic carbocycles. The lowest BCUT2D eigenvalue weighted by molar-refractivity contribution is -0.162. The minimum Gasteiger partial charge on any atom is -0.463 e. The average Bonchev–Trinajstić information content (AvgIpc) is 3.22. The summed E-state index contributed by atoms with van der Waals surface area (Å²) in [5.41, 5.74) is 0. The molecule has 0 aliphatic rings. The van der Waals surface area contributed by atoms with Gasteiger partial charge in [-0.3, -0.25) is 9.59 Å². The van der Waals surface area contributed by atoms with Crippen molar-refractivity contribution in [3.8, 4) is 0 Å². The second-order valence-corrected chi connectivity index (χ2v) is 17.7. The van der Waals surface area contributed by atoms with Crippen LogP contribution in [0.4, 0.5) is 0 Å². The smallest absolute Gasteiger partial charge is 0.305 e. The molecule has 0 unspecified atom stereocenters. The van der Waals surface area contributed by atoms with Gasteiger partial charge in [0.2, 0.25) is 0 Å². The van der Waals surface area contributed by atoms with Crippen molar-refractivity contribution in [3.63, 3.8) is 0 Å². The Balaban J connectivity index is 3.62. The zero-order valence-electron chi connectivity index (χ0n) is 38.4. The van der Waals surface area contributed by atoms with Gasteiger partial charge in [-0.15, -0.1) is 0 Å². The Bertz CT molecular complexity index is 785. The van der Waals surface area contributed by atoms with Crippen LogP contribution in [0.2, 0.25) is 0 Å². The summed E-state index contributed by atoms with van der Waals surface area (Å²) in [6, 6.07) is 0. The van der Waals surface area contributed by atoms with E-state index in [0.717, 1.165) is 25.7 Å². The predicted octanol–water partition coefficient (Wildman–Crippen LogP) is 13.2. The Hall–Kier alpha value is -1.22. The molecule has 0 aromatic carbocycles. The Morgan fingerprint density at radius 2 is 0.483 bits per heavy atom. The average molecular weight is 827 g/mol. The van der Waals surface area contributed by atoms with Crippen molar-refractivity contribution < 1.29 is 39.5 Å². The largest absolute Gasteiger partial charge is 0.463 e. The molecular formula is C50H98O8. The Morgan fingerprint density at radius 1 is 0.310 bits per heavy atom. The number of hydrogen-bond donors (Lipinski definition) is 4. The van der Waals surface area contributed by atoms with Crippen molar-refractivity contribution in [2.24, 2.45) is 0 Å². The lowest BCUT2D eigenvalue weighted by Gasteiger charge is -2.26. The number of ether oxygens (including phenoxy) is 2. The van der Waals surface area contributed by atoms with E-state index in [4.69, 9.17) is 9.47 Å². The van der Waals surface area contributed by atoms with Gasteiger partial charge in [-0.05, 0) is 12.8 Å². The number of rotatable bonds is 47. The molecule has 4 atom stereocenters. The SMILES string of the molecule is CCCCCCCCCCCCCCCCCCCCCC(=O)OC[C@@H](O)[C@@H](O)[C@H](O)[C@@H](O)COC(=O)CCCCCCCCCCCCCCCCCCCCC. The fourth-order valence-corrected chi connectivity index (χ4v) is 7.85. The first kappa shape index (κ1) is 56.8. The number of carbonyl (C=O) groups is 2. The van der Waals surface area contributed by atoms with Gasteiger partial charge in [0.15, 0.2) is 0 Å². The molecule has 0 spiro atoms. The van der Waals surface area contributed by atoms with E-state index in [0.29, 0.717) is 12.8 Å². The molecule has 0 bridgehead atoms. The van der Waals surface area contributed by atoms with Crippen LogP contribution in [0.15, 0.2) is 0 Å². The van der Waals surface area contributed by atoms with Crippen LogP contribution >= 0.6 is 0 Å². The summed E-state index contributed by atoms with van der Waals surface area (Å²) in [6.45, 7) is 3.58. The second kappa shape index (κ2) is 45.3. The van der Waals surface area contributed by atoms with Gasteiger partial charge in [0.1, 0.15) is 37.6 Å². The molecule has 0 saturated heterocycles. The Labute approximate surface area is 358 Å². The topological polar surface area (TPSA) is 134 Å². The maximum atomic E-state index is 12.1. The molecule has 0 aliphatic heterocycles. The van der Waals surface area contributed by atoms with E-state index in [2.05, 4.69) is 13.8 Å². The van der Waals surface area contributed by atoms with E-state index in [-0.39, 0.29) is 12.8 Å². The Kier molecular flexibility index (Phi) is 44.4. The van der Waals surface area contributed by atoms with Gasteiger partial charge in [-0.2, -0.15) is 0 Å². The molecule has 0 heterocycles. The van der Waals surface area contributed by atoms with Crippen molar-refractivity contribution in [1.29, 1.82) is 0 Å². The minimum absolute atomic E-state index is 0.238. The van der Waals surface area contributed by atoms with Crippen molar-refractivity contribution in [2.45, 2.75) is 295 Å². The number of esters is 2. The molecule has 0 aromatic heterocycles. The molecule has 0 saturated carbocycles. The van der Waals surface area contributed by atoms with Gasteiger partial charge < -0.3 is 29.9 Å². The number of aliphatic hydroxyl groups is 4. The second-order valence-electron chi connectivity index (χ2n) is 17.7. The van der Waals surface area contributed by atoms with Crippen LogP contribution in [0.5, 0.6) is 0 Å². The minimum atomic E-state index is -1.75. The van der Waals surface area contributed by atoms with Crippen LogP contribution in [-0.4, -0.2) is 70.0 Å². The summed E-state index contributed by atoms with van der Waals surface area (Å²) >= 11 is 0. The van der Waals surface area contributed by atoms with Gasteiger partial charge in [0.05, 0.1) is 0 Å². The molecule has 0 radical (unpaired) electrons. The van der Waals surface area contributed by atoms with Gasteiger partial charge in [-0.1, -0.05) is 245 Å². The number of hydrogen-bond acceptors (Lipinski definition) is 8. The summed E-state index contributed by atoms with van der Waals surface area (Å²) in [4.78, 5) is 24.2. The van der Waals surface area contributed by atoms with Gasteiger partial charge in [-0.25, -0.2) is 0 Å². The fourth-order valence-electron chi connectivity index (χ4n) is 7.85. The predicted molar refractivity (Wildman–Crippen MR) is 242 cm³/mol. The lowest BCUT2D eigenvalue weighted by atomic mass is 10.0. The van der Waals surface area contributed by atoms with E-state index in [1.807, 2.05) is 0 Å². The first-order valence-corrected chi connectivity index (χ1v) is 25.4. The fraction of sp³-hybridized carbons (Fsp3) is 0.960. The number of unbranched alkanes of at least 4 members (excludes halogenated alkanes) is 36. The van der Waals surface area contributed by atoms with E-state index in [1.54, 1.807) is 0 Å². The van der Waals surface area contributed by atoms with Crippen molar-refractivity contribution in [3.05, 3.63) is 0 Å². The van der Waals surface area contributed by atoms with Crippen LogP contribution < -0.4 is 0 Å². The zero-order valence-corrected chi connectivity index (χ0v) is 38.4. The number of aliphatic hydroxyl groups excluding tert-OH is 4. The van der Waals surface area contributed by atoms with Crippen molar-refractivity contribution >= 4 is 11.9 Å². The molecule has 346 valence electrons. The third kappa shape index (κ3) is 40.2. The first-order chi connectivity index (χ1) is 28.3. The van der Waals surface area contributed by atoms with E-state index in [9.17, 15) is 30.0 Å². The first-order valence-electron chi connectivity index (χ1n) is 25.4. The van der Waals surface area contributed by atoms with E-state index in [1.165, 1.54) is 205 Å². The maximum absolute atomic E-state index is 12.1. The van der Waals surface area contributed by atoms with Crippen molar-refractivity contribution in [1.82, 2.24) is 0 Å². The van der Waals surface area contributed by atoms with E-state index >= 15 is 0 Å². The molecule has 0 fully saturated rings. The highest BCUT2D eigenvalue weighted by atomic mass is 16.5. The van der Waals surface area contributed by atoms with Crippen LogP contribution in [0.25, 0.3) is 0 Å². The molecule has 0 aromatic rings. The maximum Gasteiger partial charge on any atom is 0.305 e. The molecule has 0 rings (SSSR count). The molecule has 58 heavy (non-hydrogen) atoms. The quantitative estimate of drug-likeness (QED) is 0.0352. The van der Waals surface area contributed by atoms with Crippen LogP contribution in [-0.2, 0) is 19.1 Å².